The van der Waals surface area contributed by atoms with Crippen LogP contribution in [0.3, 0.4) is 0 Å². The molecule has 0 unspecified atom stereocenters. The molecular formula is C22H24ClFN2O4. The van der Waals surface area contributed by atoms with Crippen molar-refractivity contribution in [2.24, 2.45) is 0 Å². The van der Waals surface area contributed by atoms with Gasteiger partial charge in [0, 0.05) is 43.9 Å². The van der Waals surface area contributed by atoms with E-state index < -0.39 is 11.7 Å². The molecule has 0 radical (unpaired) electrons. The molecule has 6 nitrogen and oxygen atoms in total. The van der Waals surface area contributed by atoms with Gasteiger partial charge in [0.1, 0.15) is 5.82 Å². The Morgan fingerprint density at radius 1 is 1.23 bits per heavy atom. The van der Waals surface area contributed by atoms with E-state index in [9.17, 15) is 14.0 Å². The van der Waals surface area contributed by atoms with Crippen LogP contribution in [0.4, 0.5) is 4.39 Å². The van der Waals surface area contributed by atoms with E-state index in [1.807, 2.05) is 0 Å². The maximum absolute atomic E-state index is 14.1. The third kappa shape index (κ3) is 5.56. The molecule has 0 N–H and O–H groups in total. The summed E-state index contributed by atoms with van der Waals surface area (Å²) in [5.41, 5.74) is 0.539. The van der Waals surface area contributed by atoms with E-state index in [1.54, 1.807) is 35.2 Å². The van der Waals surface area contributed by atoms with Crippen molar-refractivity contribution >= 4 is 23.4 Å². The van der Waals surface area contributed by atoms with Gasteiger partial charge in [0.2, 0.25) is 0 Å². The number of carbonyl (C=O) groups excluding carboxylic acids is 2. The molecule has 1 saturated heterocycles. The van der Waals surface area contributed by atoms with Gasteiger partial charge in [0.25, 0.3) is 11.8 Å². The van der Waals surface area contributed by atoms with Crippen LogP contribution < -0.4 is 0 Å². The summed E-state index contributed by atoms with van der Waals surface area (Å²) < 4.78 is 25.0. The Labute approximate surface area is 180 Å². The maximum atomic E-state index is 14.1. The lowest BCUT2D eigenvalue weighted by atomic mass is 10.1. The highest BCUT2D eigenvalue weighted by atomic mass is 35.5. The van der Waals surface area contributed by atoms with Crippen LogP contribution in [0.1, 0.15) is 20.7 Å². The zero-order valence-electron chi connectivity index (χ0n) is 16.7. The molecular weight excluding hydrogens is 411 g/mol. The van der Waals surface area contributed by atoms with Gasteiger partial charge in [-0.25, -0.2) is 4.39 Å². The maximum Gasteiger partial charge on any atom is 0.256 e. The smallest absolute Gasteiger partial charge is 0.256 e. The van der Waals surface area contributed by atoms with Crippen molar-refractivity contribution in [3.05, 3.63) is 70.5 Å². The van der Waals surface area contributed by atoms with E-state index in [0.29, 0.717) is 36.9 Å². The molecule has 8 heteroatoms. The molecule has 2 aromatic carbocycles. The monoisotopic (exact) mass is 434 g/mol. The van der Waals surface area contributed by atoms with Crippen molar-refractivity contribution < 1.29 is 23.5 Å². The zero-order chi connectivity index (χ0) is 21.5. The SMILES string of the molecule is COCCN(C[C@H]1CN(C(=O)c2ccc(Cl)cc2)CCO1)C(=O)c1ccccc1F. The third-order valence-electron chi connectivity index (χ3n) is 4.90. The molecule has 0 aromatic heterocycles. The number of methoxy groups -OCH3 is 1. The van der Waals surface area contributed by atoms with Crippen LogP contribution in [0.5, 0.6) is 0 Å². The first-order valence-electron chi connectivity index (χ1n) is 9.68. The summed E-state index contributed by atoms with van der Waals surface area (Å²) in [5.74, 6) is -1.13. The fraction of sp³-hybridized carbons (Fsp3) is 0.364. The molecule has 3 rings (SSSR count). The van der Waals surface area contributed by atoms with E-state index in [2.05, 4.69) is 0 Å². The Morgan fingerprint density at radius 2 is 1.97 bits per heavy atom. The largest absolute Gasteiger partial charge is 0.383 e. The molecule has 1 heterocycles. The Morgan fingerprint density at radius 3 is 2.67 bits per heavy atom. The molecule has 30 heavy (non-hydrogen) atoms. The molecule has 1 aliphatic heterocycles. The predicted molar refractivity (Wildman–Crippen MR) is 111 cm³/mol. The minimum absolute atomic E-state index is 0.00138. The summed E-state index contributed by atoms with van der Waals surface area (Å²) >= 11 is 5.90. The minimum Gasteiger partial charge on any atom is -0.383 e. The standard InChI is InChI=1S/C22H24ClFN2O4/c1-29-12-10-26(22(28)19-4-2-3-5-20(19)24)15-18-14-25(11-13-30-18)21(27)16-6-8-17(23)9-7-16/h2-9,18H,10-15H2,1H3/t18-/m1/s1. The number of benzene rings is 2. The van der Waals surface area contributed by atoms with E-state index in [0.717, 1.165) is 0 Å². The van der Waals surface area contributed by atoms with Gasteiger partial charge in [-0.3, -0.25) is 9.59 Å². The van der Waals surface area contributed by atoms with E-state index in [1.165, 1.54) is 30.2 Å². The van der Waals surface area contributed by atoms with Crippen molar-refractivity contribution in [2.75, 3.05) is 46.5 Å². The summed E-state index contributed by atoms with van der Waals surface area (Å²) in [6.45, 7) is 1.96. The highest BCUT2D eigenvalue weighted by molar-refractivity contribution is 6.30. The first kappa shape index (κ1) is 22.2. The van der Waals surface area contributed by atoms with Crippen LogP contribution in [0.25, 0.3) is 0 Å². The number of amides is 2. The van der Waals surface area contributed by atoms with Crippen LogP contribution in [0.2, 0.25) is 5.02 Å². The van der Waals surface area contributed by atoms with Gasteiger partial charge < -0.3 is 19.3 Å². The van der Waals surface area contributed by atoms with Crippen LogP contribution in [0, 0.1) is 5.82 Å². The number of hydrogen-bond acceptors (Lipinski definition) is 4. The Kier molecular flexibility index (Phi) is 7.79. The first-order chi connectivity index (χ1) is 14.5. The van der Waals surface area contributed by atoms with Gasteiger partial charge in [-0.1, -0.05) is 23.7 Å². The molecule has 0 saturated carbocycles. The highest BCUT2D eigenvalue weighted by Gasteiger charge is 2.29. The van der Waals surface area contributed by atoms with Crippen LogP contribution in [-0.4, -0.2) is 74.2 Å². The molecule has 1 aliphatic rings. The van der Waals surface area contributed by atoms with Crippen LogP contribution in [0.15, 0.2) is 48.5 Å². The van der Waals surface area contributed by atoms with Gasteiger partial charge in [-0.2, -0.15) is 0 Å². The van der Waals surface area contributed by atoms with Crippen molar-refractivity contribution in [1.29, 1.82) is 0 Å². The van der Waals surface area contributed by atoms with Crippen molar-refractivity contribution in [2.45, 2.75) is 6.10 Å². The van der Waals surface area contributed by atoms with Crippen molar-refractivity contribution in [3.8, 4) is 0 Å². The number of ether oxygens (including phenoxy) is 2. The number of morpholine rings is 1. The Balaban J connectivity index is 1.69. The molecule has 0 aliphatic carbocycles. The van der Waals surface area contributed by atoms with Crippen molar-refractivity contribution in [1.82, 2.24) is 9.80 Å². The van der Waals surface area contributed by atoms with Crippen LogP contribution in [-0.2, 0) is 9.47 Å². The van der Waals surface area contributed by atoms with Gasteiger partial charge in [0.15, 0.2) is 0 Å². The van der Waals surface area contributed by atoms with E-state index in [-0.39, 0.29) is 30.7 Å². The number of rotatable bonds is 7. The number of hydrogen-bond donors (Lipinski definition) is 0. The van der Waals surface area contributed by atoms with E-state index in [4.69, 9.17) is 21.1 Å². The molecule has 1 fully saturated rings. The predicted octanol–water partition coefficient (Wildman–Crippen LogP) is 3.11. The molecule has 2 aromatic rings. The zero-order valence-corrected chi connectivity index (χ0v) is 17.5. The van der Waals surface area contributed by atoms with E-state index >= 15 is 0 Å². The quantitative estimate of drug-likeness (QED) is 0.672. The summed E-state index contributed by atoms with van der Waals surface area (Å²) in [6.07, 6.45) is -0.387. The lowest BCUT2D eigenvalue weighted by molar-refractivity contribution is -0.0347. The molecule has 0 bridgehead atoms. The molecule has 1 atom stereocenters. The fourth-order valence-corrected chi connectivity index (χ4v) is 3.44. The van der Waals surface area contributed by atoms with Gasteiger partial charge in [0.05, 0.1) is 24.9 Å². The molecule has 160 valence electrons. The summed E-state index contributed by atoms with van der Waals surface area (Å²) in [6, 6.07) is 12.6. The second kappa shape index (κ2) is 10.5. The van der Waals surface area contributed by atoms with Crippen molar-refractivity contribution in [3.63, 3.8) is 0 Å². The van der Waals surface area contributed by atoms with Gasteiger partial charge in [-0.15, -0.1) is 0 Å². The average molecular weight is 435 g/mol. The highest BCUT2D eigenvalue weighted by Crippen LogP contribution is 2.16. The number of nitrogens with zero attached hydrogens (tertiary/aromatic N) is 2. The minimum atomic E-state index is -0.575. The van der Waals surface area contributed by atoms with Crippen LogP contribution >= 0.6 is 11.6 Å². The second-order valence-electron chi connectivity index (χ2n) is 6.97. The number of halogens is 2. The number of carbonyl (C=O) groups is 2. The lowest BCUT2D eigenvalue weighted by Gasteiger charge is -2.36. The normalized spacial score (nSPS) is 16.4. The second-order valence-corrected chi connectivity index (χ2v) is 7.41. The Bertz CT molecular complexity index is 878. The van der Waals surface area contributed by atoms with Gasteiger partial charge in [-0.05, 0) is 36.4 Å². The summed E-state index contributed by atoms with van der Waals surface area (Å²) in [7, 11) is 1.54. The average Bonchev–Trinajstić information content (AvgIpc) is 2.77. The van der Waals surface area contributed by atoms with Gasteiger partial charge >= 0.3 is 0 Å². The summed E-state index contributed by atoms with van der Waals surface area (Å²) in [5, 5.41) is 0.562. The third-order valence-corrected chi connectivity index (χ3v) is 5.15. The fourth-order valence-electron chi connectivity index (χ4n) is 3.32. The molecule has 0 spiro atoms. The molecule has 2 amide bonds. The Hall–Kier alpha value is -2.48. The first-order valence-corrected chi connectivity index (χ1v) is 10.1. The lowest BCUT2D eigenvalue weighted by Crippen LogP contribution is -2.51. The topological polar surface area (TPSA) is 59.1 Å². The summed E-state index contributed by atoms with van der Waals surface area (Å²) in [4.78, 5) is 28.9.